The van der Waals surface area contributed by atoms with E-state index in [1.807, 2.05) is 12.1 Å². The summed E-state index contributed by atoms with van der Waals surface area (Å²) in [5.74, 6) is 1.89. The van der Waals surface area contributed by atoms with Crippen molar-refractivity contribution in [3.63, 3.8) is 0 Å². The third-order valence-corrected chi connectivity index (χ3v) is 6.08. The van der Waals surface area contributed by atoms with Gasteiger partial charge in [0.15, 0.2) is 0 Å². The number of halogens is 1. The number of benzene rings is 2. The fraction of sp³-hybridized carbons (Fsp3) is 0.500. The molecule has 0 aliphatic carbocycles. The monoisotopic (exact) mass is 461 g/mol. The van der Waals surface area contributed by atoms with Gasteiger partial charge in [0, 0.05) is 25.0 Å². The van der Waals surface area contributed by atoms with Crippen molar-refractivity contribution >= 4 is 15.9 Å². The molecule has 1 heterocycles. The van der Waals surface area contributed by atoms with E-state index >= 15 is 0 Å². The lowest BCUT2D eigenvalue weighted by atomic mass is 9.95. The summed E-state index contributed by atoms with van der Waals surface area (Å²) in [5, 5.41) is 10.6. The maximum atomic E-state index is 9.63. The van der Waals surface area contributed by atoms with Gasteiger partial charge >= 0.3 is 0 Å². The fourth-order valence-corrected chi connectivity index (χ4v) is 4.08. The van der Waals surface area contributed by atoms with E-state index in [0.29, 0.717) is 13.2 Å². The third-order valence-electron chi connectivity index (χ3n) is 5.52. The second kappa shape index (κ2) is 11.0. The van der Waals surface area contributed by atoms with Crippen LogP contribution < -0.4 is 9.47 Å². The Morgan fingerprint density at radius 3 is 2.07 bits per heavy atom. The minimum absolute atomic E-state index is 0.155. The van der Waals surface area contributed by atoms with Crippen LogP contribution in [0.3, 0.4) is 0 Å². The predicted octanol–water partition coefficient (Wildman–Crippen LogP) is 4.97. The first-order valence-corrected chi connectivity index (χ1v) is 11.6. The Kier molecular flexibility index (Phi) is 8.40. The van der Waals surface area contributed by atoms with Crippen molar-refractivity contribution in [1.29, 1.82) is 0 Å². The van der Waals surface area contributed by atoms with Crippen LogP contribution in [0, 0.1) is 13.8 Å². The number of aliphatic hydroxyl groups excluding tert-OH is 1. The molecule has 1 atom stereocenters. The third kappa shape index (κ3) is 5.97. The highest BCUT2D eigenvalue weighted by molar-refractivity contribution is 9.09. The van der Waals surface area contributed by atoms with Crippen LogP contribution in [-0.2, 0) is 0 Å². The zero-order chi connectivity index (χ0) is 20.6. The number of nitrogens with zero attached hydrogens (tertiary/aromatic N) is 1. The molecule has 1 aliphatic heterocycles. The van der Waals surface area contributed by atoms with Gasteiger partial charge in [0.2, 0.25) is 0 Å². The number of rotatable bonds is 10. The summed E-state index contributed by atoms with van der Waals surface area (Å²) in [6.45, 7) is 8.40. The molecule has 158 valence electrons. The number of ether oxygens (including phenoxy) is 2. The molecule has 0 radical (unpaired) electrons. The number of hydrogen-bond acceptors (Lipinski definition) is 4. The quantitative estimate of drug-likeness (QED) is 0.400. The fourth-order valence-electron chi connectivity index (χ4n) is 3.85. The average molecular weight is 462 g/mol. The Labute approximate surface area is 183 Å². The van der Waals surface area contributed by atoms with E-state index in [0.717, 1.165) is 66.9 Å². The first-order chi connectivity index (χ1) is 14.1. The lowest BCUT2D eigenvalue weighted by Gasteiger charge is -2.18. The van der Waals surface area contributed by atoms with Crippen LogP contribution in [0.15, 0.2) is 36.4 Å². The molecule has 2 aromatic rings. The van der Waals surface area contributed by atoms with Gasteiger partial charge in [-0.3, -0.25) is 0 Å². The van der Waals surface area contributed by atoms with Crippen molar-refractivity contribution in [2.24, 2.45) is 0 Å². The molecule has 1 unspecified atom stereocenters. The number of aliphatic hydroxyl groups is 1. The molecule has 2 aromatic carbocycles. The Morgan fingerprint density at radius 2 is 1.55 bits per heavy atom. The molecule has 1 aliphatic rings. The molecule has 1 saturated heterocycles. The molecule has 1 N–H and O–H groups in total. The van der Waals surface area contributed by atoms with Crippen LogP contribution in [-0.4, -0.2) is 54.3 Å². The lowest BCUT2D eigenvalue weighted by Crippen LogP contribution is -2.24. The summed E-state index contributed by atoms with van der Waals surface area (Å²) in [7, 11) is 0. The molecule has 1 fully saturated rings. The van der Waals surface area contributed by atoms with Gasteiger partial charge in [-0.2, -0.15) is 0 Å². The Bertz CT molecular complexity index is 796. The minimum Gasteiger partial charge on any atom is -0.493 e. The summed E-state index contributed by atoms with van der Waals surface area (Å²) < 4.78 is 12.1. The average Bonchev–Trinajstić information content (AvgIpc) is 3.13. The molecular formula is C24H32BrNO3. The first kappa shape index (κ1) is 22.1. The van der Waals surface area contributed by atoms with Gasteiger partial charge in [0.25, 0.3) is 0 Å². The maximum Gasteiger partial charge on any atom is 0.122 e. The van der Waals surface area contributed by atoms with Gasteiger partial charge in [-0.15, -0.1) is 0 Å². The molecule has 3 rings (SSSR count). The zero-order valence-electron chi connectivity index (χ0n) is 17.5. The molecule has 0 aromatic heterocycles. The van der Waals surface area contributed by atoms with Crippen LogP contribution in [0.25, 0.3) is 11.1 Å². The number of β-amino-alcohol motifs (C(OH)–C–C–N with tert-alkyl or cyclic N) is 1. The summed E-state index contributed by atoms with van der Waals surface area (Å²) in [5.41, 5.74) is 4.70. The highest BCUT2D eigenvalue weighted by Crippen LogP contribution is 2.35. The van der Waals surface area contributed by atoms with E-state index in [9.17, 15) is 5.11 Å². The van der Waals surface area contributed by atoms with Gasteiger partial charge in [0.1, 0.15) is 11.5 Å². The molecule has 0 spiro atoms. The lowest BCUT2D eigenvalue weighted by molar-refractivity contribution is 0.173. The number of likely N-dealkylation sites (tertiary alicyclic amines) is 1. The van der Waals surface area contributed by atoms with Crippen LogP contribution in [0.1, 0.15) is 30.4 Å². The summed E-state index contributed by atoms with van der Waals surface area (Å²) in [6.07, 6.45) is 2.69. The number of hydrogen-bond donors (Lipinski definition) is 1. The Hall–Kier alpha value is -1.56. The smallest absolute Gasteiger partial charge is 0.122 e. The Morgan fingerprint density at radius 1 is 0.966 bits per heavy atom. The maximum absolute atomic E-state index is 9.63. The van der Waals surface area contributed by atoms with Crippen LogP contribution in [0.2, 0.25) is 0 Å². The summed E-state index contributed by atoms with van der Waals surface area (Å²) in [4.78, 5) is 2.31. The van der Waals surface area contributed by atoms with E-state index in [4.69, 9.17) is 9.47 Å². The van der Waals surface area contributed by atoms with Gasteiger partial charge in [-0.25, -0.2) is 0 Å². The topological polar surface area (TPSA) is 41.9 Å². The van der Waals surface area contributed by atoms with Crippen molar-refractivity contribution in [1.82, 2.24) is 4.90 Å². The van der Waals surface area contributed by atoms with Gasteiger partial charge in [-0.1, -0.05) is 40.2 Å². The molecule has 0 saturated carbocycles. The van der Waals surface area contributed by atoms with Gasteiger partial charge in [-0.05, 0) is 67.5 Å². The van der Waals surface area contributed by atoms with Gasteiger partial charge < -0.3 is 19.5 Å². The van der Waals surface area contributed by atoms with Gasteiger partial charge in [0.05, 0.1) is 19.3 Å². The highest BCUT2D eigenvalue weighted by Gasteiger charge is 2.19. The molecular weight excluding hydrogens is 430 g/mol. The molecule has 0 bridgehead atoms. The van der Waals surface area contributed by atoms with Crippen molar-refractivity contribution in [3.05, 3.63) is 47.5 Å². The van der Waals surface area contributed by atoms with E-state index < -0.39 is 0 Å². The zero-order valence-corrected chi connectivity index (χ0v) is 19.1. The summed E-state index contributed by atoms with van der Waals surface area (Å²) >= 11 is 3.45. The second-order valence-electron chi connectivity index (χ2n) is 7.69. The molecule has 5 heteroatoms. The largest absolute Gasteiger partial charge is 0.493 e. The first-order valence-electron chi connectivity index (χ1n) is 10.5. The van der Waals surface area contributed by atoms with Crippen molar-refractivity contribution in [2.75, 3.05) is 38.2 Å². The molecule has 4 nitrogen and oxygen atoms in total. The van der Waals surface area contributed by atoms with Crippen LogP contribution >= 0.6 is 15.9 Å². The Balaban J connectivity index is 1.64. The normalized spacial score (nSPS) is 16.9. The summed E-state index contributed by atoms with van der Waals surface area (Å²) in [6, 6.07) is 12.5. The van der Waals surface area contributed by atoms with E-state index in [1.54, 1.807) is 0 Å². The van der Waals surface area contributed by atoms with E-state index in [-0.39, 0.29) is 6.10 Å². The minimum atomic E-state index is -0.155. The standard InChI is InChI=1S/C24H32BrNO3/c1-18-21(7-3-9-23(18)28-15-5-12-25)22-8-4-10-24(19(22)2)29-16-6-13-26-14-11-20(27)17-26/h3-4,7-10,20,27H,5-6,11-17H2,1-2H3. The van der Waals surface area contributed by atoms with E-state index in [1.165, 1.54) is 11.1 Å². The predicted molar refractivity (Wildman–Crippen MR) is 122 cm³/mol. The van der Waals surface area contributed by atoms with E-state index in [2.05, 4.69) is 58.9 Å². The van der Waals surface area contributed by atoms with Crippen molar-refractivity contribution in [2.45, 2.75) is 39.2 Å². The molecule has 0 amide bonds. The number of alkyl halides is 1. The van der Waals surface area contributed by atoms with Crippen LogP contribution in [0.5, 0.6) is 11.5 Å². The SMILES string of the molecule is Cc1c(OCCCBr)cccc1-c1cccc(OCCCN2CCC(O)C2)c1C. The van der Waals surface area contributed by atoms with Crippen LogP contribution in [0.4, 0.5) is 0 Å². The van der Waals surface area contributed by atoms with Crippen molar-refractivity contribution in [3.8, 4) is 22.6 Å². The van der Waals surface area contributed by atoms with Crippen molar-refractivity contribution < 1.29 is 14.6 Å². The second-order valence-corrected chi connectivity index (χ2v) is 8.49. The molecule has 29 heavy (non-hydrogen) atoms. The highest BCUT2D eigenvalue weighted by atomic mass is 79.9.